The zero-order valence-electron chi connectivity index (χ0n) is 12.6. The highest BCUT2D eigenvalue weighted by atomic mass is 79.9. The lowest BCUT2D eigenvalue weighted by Gasteiger charge is -2.14. The molecule has 2 rings (SSSR count). The van der Waals surface area contributed by atoms with Gasteiger partial charge in [-0.2, -0.15) is 0 Å². The number of rotatable bonds is 8. The van der Waals surface area contributed by atoms with E-state index in [4.69, 9.17) is 0 Å². The normalized spacial score (nSPS) is 12.1. The van der Waals surface area contributed by atoms with Gasteiger partial charge in [0, 0.05) is 41.6 Å². The number of anilines is 1. The maximum Gasteiger partial charge on any atom is 0.225 e. The van der Waals surface area contributed by atoms with Crippen LogP contribution in [0.2, 0.25) is 0 Å². The second-order valence-electron chi connectivity index (χ2n) is 5.27. The van der Waals surface area contributed by atoms with E-state index >= 15 is 0 Å². The van der Waals surface area contributed by atoms with Gasteiger partial charge in [-0.3, -0.25) is 4.79 Å². The number of benzene rings is 1. The number of amides is 1. The zero-order valence-corrected chi connectivity index (χ0v) is 14.2. The molecule has 2 N–H and O–H groups in total. The molecule has 0 bridgehead atoms. The number of carbonyl (C=O) groups is 1. The van der Waals surface area contributed by atoms with Crippen LogP contribution in [0.4, 0.5) is 5.69 Å². The van der Waals surface area contributed by atoms with E-state index in [2.05, 4.69) is 31.5 Å². The van der Waals surface area contributed by atoms with Gasteiger partial charge < -0.3 is 15.2 Å². The molecule has 0 saturated heterocycles. The SMILES string of the molecule is CC(CC(=O)Nc1ccc(Br)cc1)NCCCn1ccnc1. The monoisotopic (exact) mass is 364 g/mol. The van der Waals surface area contributed by atoms with Crippen LogP contribution < -0.4 is 10.6 Å². The first-order valence-corrected chi connectivity index (χ1v) is 8.17. The Balaban J connectivity index is 1.62. The molecule has 1 unspecified atom stereocenters. The molecule has 1 aromatic carbocycles. The molecule has 0 spiro atoms. The maximum absolute atomic E-state index is 12.0. The van der Waals surface area contributed by atoms with Crippen molar-refractivity contribution in [3.63, 3.8) is 0 Å². The fraction of sp³-hybridized carbons (Fsp3) is 0.375. The highest BCUT2D eigenvalue weighted by molar-refractivity contribution is 9.10. The molecule has 6 heteroatoms. The van der Waals surface area contributed by atoms with E-state index in [1.807, 2.05) is 48.3 Å². The zero-order chi connectivity index (χ0) is 15.8. The molecular weight excluding hydrogens is 344 g/mol. The largest absolute Gasteiger partial charge is 0.337 e. The Morgan fingerprint density at radius 1 is 1.36 bits per heavy atom. The Labute approximate surface area is 139 Å². The number of nitrogens with zero attached hydrogens (tertiary/aromatic N) is 2. The molecule has 0 saturated carbocycles. The lowest BCUT2D eigenvalue weighted by atomic mass is 10.2. The minimum Gasteiger partial charge on any atom is -0.337 e. The van der Waals surface area contributed by atoms with E-state index in [9.17, 15) is 4.79 Å². The van der Waals surface area contributed by atoms with E-state index in [1.165, 1.54) is 0 Å². The summed E-state index contributed by atoms with van der Waals surface area (Å²) in [6, 6.07) is 7.73. The van der Waals surface area contributed by atoms with Crippen LogP contribution in [0.25, 0.3) is 0 Å². The van der Waals surface area contributed by atoms with Crippen molar-refractivity contribution in [1.29, 1.82) is 0 Å². The fourth-order valence-corrected chi connectivity index (χ4v) is 2.39. The quantitative estimate of drug-likeness (QED) is 0.707. The standard InChI is InChI=1S/C16H21BrN4O/c1-13(19-7-2-9-21-10-8-18-12-21)11-16(22)20-15-5-3-14(17)4-6-15/h3-6,8,10,12-13,19H,2,7,9,11H2,1H3,(H,20,22). The average molecular weight is 365 g/mol. The van der Waals surface area contributed by atoms with Gasteiger partial charge in [0.05, 0.1) is 6.33 Å². The number of hydrogen-bond donors (Lipinski definition) is 2. The first-order valence-electron chi connectivity index (χ1n) is 7.38. The summed E-state index contributed by atoms with van der Waals surface area (Å²) in [5.74, 6) is 0.0249. The molecule has 1 aromatic heterocycles. The van der Waals surface area contributed by atoms with Crippen molar-refractivity contribution in [2.75, 3.05) is 11.9 Å². The van der Waals surface area contributed by atoms with E-state index in [0.29, 0.717) is 6.42 Å². The Morgan fingerprint density at radius 3 is 2.82 bits per heavy atom. The predicted molar refractivity (Wildman–Crippen MR) is 91.7 cm³/mol. The highest BCUT2D eigenvalue weighted by Gasteiger charge is 2.08. The van der Waals surface area contributed by atoms with E-state index in [-0.39, 0.29) is 11.9 Å². The van der Waals surface area contributed by atoms with Crippen molar-refractivity contribution in [2.45, 2.75) is 32.4 Å². The number of carbonyl (C=O) groups excluding carboxylic acids is 1. The third-order valence-corrected chi connectivity index (χ3v) is 3.79. The highest BCUT2D eigenvalue weighted by Crippen LogP contribution is 2.14. The van der Waals surface area contributed by atoms with E-state index in [0.717, 1.165) is 29.7 Å². The maximum atomic E-state index is 12.0. The molecule has 118 valence electrons. The predicted octanol–water partition coefficient (Wildman–Crippen LogP) is 3.04. The van der Waals surface area contributed by atoms with E-state index < -0.39 is 0 Å². The van der Waals surface area contributed by atoms with Crippen LogP contribution in [0.1, 0.15) is 19.8 Å². The summed E-state index contributed by atoms with van der Waals surface area (Å²) in [5, 5.41) is 6.27. The molecule has 0 radical (unpaired) electrons. The van der Waals surface area contributed by atoms with Crippen molar-refractivity contribution in [1.82, 2.24) is 14.9 Å². The molecule has 0 aliphatic carbocycles. The van der Waals surface area contributed by atoms with Gasteiger partial charge in [0.1, 0.15) is 0 Å². The van der Waals surface area contributed by atoms with Crippen LogP contribution >= 0.6 is 15.9 Å². The molecule has 22 heavy (non-hydrogen) atoms. The summed E-state index contributed by atoms with van der Waals surface area (Å²) < 4.78 is 3.05. The van der Waals surface area contributed by atoms with Crippen molar-refractivity contribution < 1.29 is 4.79 Å². The van der Waals surface area contributed by atoms with Crippen molar-refractivity contribution in [3.8, 4) is 0 Å². The second kappa shape index (κ2) is 8.70. The lowest BCUT2D eigenvalue weighted by Crippen LogP contribution is -2.31. The smallest absolute Gasteiger partial charge is 0.225 e. The first kappa shape index (κ1) is 16.7. The first-order chi connectivity index (χ1) is 10.6. The van der Waals surface area contributed by atoms with Crippen molar-refractivity contribution >= 4 is 27.5 Å². The topological polar surface area (TPSA) is 59.0 Å². The Morgan fingerprint density at radius 2 is 2.14 bits per heavy atom. The van der Waals surface area contributed by atoms with Crippen LogP contribution in [-0.2, 0) is 11.3 Å². The van der Waals surface area contributed by atoms with Crippen LogP contribution in [0.3, 0.4) is 0 Å². The number of nitrogens with one attached hydrogen (secondary N) is 2. The third kappa shape index (κ3) is 5.99. The summed E-state index contributed by atoms with van der Waals surface area (Å²) in [6.07, 6.45) is 7.02. The number of aryl methyl sites for hydroxylation is 1. The molecule has 0 fully saturated rings. The van der Waals surface area contributed by atoms with Crippen molar-refractivity contribution in [2.24, 2.45) is 0 Å². The van der Waals surface area contributed by atoms with Gasteiger partial charge >= 0.3 is 0 Å². The average Bonchev–Trinajstić information content (AvgIpc) is 2.99. The molecule has 0 aliphatic rings. The van der Waals surface area contributed by atoms with Gasteiger partial charge in [-0.25, -0.2) is 4.98 Å². The molecule has 1 amide bonds. The van der Waals surface area contributed by atoms with Crippen molar-refractivity contribution in [3.05, 3.63) is 47.5 Å². The van der Waals surface area contributed by atoms with Gasteiger partial charge in [0.2, 0.25) is 5.91 Å². The fourth-order valence-electron chi connectivity index (χ4n) is 2.12. The lowest BCUT2D eigenvalue weighted by molar-refractivity contribution is -0.116. The third-order valence-electron chi connectivity index (χ3n) is 3.26. The molecule has 1 heterocycles. The van der Waals surface area contributed by atoms with Gasteiger partial charge in [-0.15, -0.1) is 0 Å². The summed E-state index contributed by atoms with van der Waals surface area (Å²) in [6.45, 7) is 3.84. The molecular formula is C16H21BrN4O. The van der Waals surface area contributed by atoms with Crippen LogP contribution in [0.15, 0.2) is 47.5 Å². The number of halogens is 1. The van der Waals surface area contributed by atoms with Crippen LogP contribution in [0.5, 0.6) is 0 Å². The molecule has 5 nitrogen and oxygen atoms in total. The molecule has 2 aromatic rings. The van der Waals surface area contributed by atoms with Gasteiger partial charge in [0.25, 0.3) is 0 Å². The minimum absolute atomic E-state index is 0.0249. The number of hydrogen-bond acceptors (Lipinski definition) is 3. The molecule has 0 aliphatic heterocycles. The molecule has 1 atom stereocenters. The number of aromatic nitrogens is 2. The number of imidazole rings is 1. The summed E-state index contributed by atoms with van der Waals surface area (Å²) >= 11 is 3.37. The minimum atomic E-state index is 0.0249. The van der Waals surface area contributed by atoms with Gasteiger partial charge in [-0.05, 0) is 44.2 Å². The second-order valence-corrected chi connectivity index (χ2v) is 6.18. The summed E-state index contributed by atoms with van der Waals surface area (Å²) in [5.41, 5.74) is 0.820. The van der Waals surface area contributed by atoms with E-state index in [1.54, 1.807) is 6.20 Å². The Kier molecular flexibility index (Phi) is 6.61. The summed E-state index contributed by atoms with van der Waals surface area (Å²) in [4.78, 5) is 16.0. The van der Waals surface area contributed by atoms with Gasteiger partial charge in [0.15, 0.2) is 0 Å². The Hall–Kier alpha value is -1.66. The van der Waals surface area contributed by atoms with Crippen LogP contribution in [0, 0.1) is 0 Å². The van der Waals surface area contributed by atoms with Crippen LogP contribution in [-0.4, -0.2) is 28.0 Å². The van der Waals surface area contributed by atoms with Gasteiger partial charge in [-0.1, -0.05) is 15.9 Å². The Bertz CT molecular complexity index is 568. The summed E-state index contributed by atoms with van der Waals surface area (Å²) in [7, 11) is 0.